The van der Waals surface area contributed by atoms with Crippen molar-refractivity contribution >= 4 is 22.6 Å². The second kappa shape index (κ2) is 3.38. The van der Waals surface area contributed by atoms with E-state index in [0.29, 0.717) is 15.9 Å². The van der Waals surface area contributed by atoms with Gasteiger partial charge in [0.2, 0.25) is 0 Å². The van der Waals surface area contributed by atoms with Gasteiger partial charge >= 0.3 is 0 Å². The summed E-state index contributed by atoms with van der Waals surface area (Å²) in [4.78, 5) is 4.47. The zero-order valence-corrected chi connectivity index (χ0v) is 8.32. The molecule has 0 saturated heterocycles. The Hall–Kier alpha value is -1.42. The molecule has 0 aliphatic carbocycles. The van der Waals surface area contributed by atoms with E-state index >= 15 is 0 Å². The summed E-state index contributed by atoms with van der Waals surface area (Å²) < 4.78 is 0. The molecule has 5 heteroatoms. The molecule has 0 aliphatic rings. The van der Waals surface area contributed by atoms with Crippen molar-refractivity contribution in [3.8, 4) is 0 Å². The highest BCUT2D eigenvalue weighted by Crippen LogP contribution is 2.11. The Bertz CT molecular complexity index is 487. The quantitative estimate of drug-likeness (QED) is 0.528. The van der Waals surface area contributed by atoms with Crippen molar-refractivity contribution < 1.29 is 4.85 Å². The molecule has 2 aromatic rings. The second-order valence-corrected chi connectivity index (χ2v) is 3.27. The zero-order chi connectivity index (χ0) is 10.1. The molecule has 4 nitrogen and oxygen atoms in total. The third-order valence-electron chi connectivity index (χ3n) is 2.04. The number of nitrogens with zero attached hydrogens (tertiary/aromatic N) is 3. The molecular formula is C9H8ClN3O. The van der Waals surface area contributed by atoms with Crippen molar-refractivity contribution in [1.82, 2.24) is 10.1 Å². The van der Waals surface area contributed by atoms with Crippen LogP contribution in [-0.4, -0.2) is 10.1 Å². The van der Waals surface area contributed by atoms with Crippen LogP contribution in [0, 0.1) is 5.21 Å². The van der Waals surface area contributed by atoms with Crippen molar-refractivity contribution in [3.63, 3.8) is 0 Å². The molecule has 0 unspecified atom stereocenters. The van der Waals surface area contributed by atoms with Gasteiger partial charge < -0.3 is 5.21 Å². The minimum absolute atomic E-state index is 0.0271. The van der Waals surface area contributed by atoms with Crippen LogP contribution in [0.2, 0.25) is 5.28 Å². The second-order valence-electron chi connectivity index (χ2n) is 2.93. The van der Waals surface area contributed by atoms with E-state index in [4.69, 9.17) is 11.6 Å². The van der Waals surface area contributed by atoms with Crippen molar-refractivity contribution in [1.29, 1.82) is 0 Å². The normalized spacial score (nSPS) is 10.7. The molecule has 0 radical (unpaired) electrons. The molecule has 1 aromatic carbocycles. The number of rotatable bonds is 1. The topological polar surface area (TPSA) is 52.7 Å². The van der Waals surface area contributed by atoms with E-state index in [9.17, 15) is 5.21 Å². The van der Waals surface area contributed by atoms with Gasteiger partial charge in [0.25, 0.3) is 10.8 Å². The van der Waals surface area contributed by atoms with Crippen LogP contribution in [0.4, 0.5) is 0 Å². The van der Waals surface area contributed by atoms with Crippen LogP contribution in [0.5, 0.6) is 0 Å². The van der Waals surface area contributed by atoms with E-state index in [2.05, 4.69) is 10.1 Å². The maximum absolute atomic E-state index is 11.3. The standard InChI is InChI=1S/C9H8ClN3O/c1-2-6-3-4-8-7(5-6)11-9(10)12-13(8)14/h3-5H,2H2,1H3. The Balaban J connectivity index is 2.75. The summed E-state index contributed by atoms with van der Waals surface area (Å²) >= 11 is 5.58. The first-order chi connectivity index (χ1) is 6.70. The molecule has 72 valence electrons. The molecule has 1 aromatic heterocycles. The molecule has 0 atom stereocenters. The lowest BCUT2D eigenvalue weighted by Crippen LogP contribution is -2.32. The molecule has 0 bridgehead atoms. The average molecular weight is 210 g/mol. The van der Waals surface area contributed by atoms with Crippen LogP contribution in [0.25, 0.3) is 11.0 Å². The van der Waals surface area contributed by atoms with Crippen LogP contribution in [0.15, 0.2) is 18.2 Å². The summed E-state index contributed by atoms with van der Waals surface area (Å²) in [5.74, 6) is 0. The SMILES string of the molecule is CCc1ccc2c(c1)nc(Cl)n[n+]2[O-]. The van der Waals surface area contributed by atoms with Gasteiger partial charge in [-0.3, -0.25) is 0 Å². The largest absolute Gasteiger partial charge is 0.594 e. The van der Waals surface area contributed by atoms with E-state index < -0.39 is 0 Å². The van der Waals surface area contributed by atoms with Crippen molar-refractivity contribution in [2.24, 2.45) is 0 Å². The van der Waals surface area contributed by atoms with E-state index in [-0.39, 0.29) is 5.28 Å². The number of hydrogen-bond acceptors (Lipinski definition) is 3. The number of aryl methyl sites for hydroxylation is 1. The molecule has 0 saturated carbocycles. The Morgan fingerprint density at radius 2 is 2.29 bits per heavy atom. The summed E-state index contributed by atoms with van der Waals surface area (Å²) in [5.41, 5.74) is 2.14. The van der Waals surface area contributed by atoms with E-state index in [1.807, 2.05) is 19.1 Å². The first-order valence-electron chi connectivity index (χ1n) is 4.26. The van der Waals surface area contributed by atoms with Gasteiger partial charge in [-0.2, -0.15) is 0 Å². The van der Waals surface area contributed by atoms with Crippen LogP contribution in [0.1, 0.15) is 12.5 Å². The van der Waals surface area contributed by atoms with Crippen LogP contribution < -0.4 is 4.85 Å². The Morgan fingerprint density at radius 3 is 3.00 bits per heavy atom. The fourth-order valence-electron chi connectivity index (χ4n) is 1.29. The Kier molecular flexibility index (Phi) is 2.21. The number of fused-ring (bicyclic) bond motifs is 1. The predicted octanol–water partition coefficient (Wildman–Crippen LogP) is 1.48. The lowest BCUT2D eigenvalue weighted by Gasteiger charge is -2.00. The molecule has 0 amide bonds. The maximum atomic E-state index is 11.3. The predicted molar refractivity (Wildman–Crippen MR) is 52.9 cm³/mol. The summed E-state index contributed by atoms with van der Waals surface area (Å²) in [6, 6.07) is 5.43. The van der Waals surface area contributed by atoms with E-state index in [1.165, 1.54) is 0 Å². The summed E-state index contributed by atoms with van der Waals surface area (Å²) in [6.07, 6.45) is 0.899. The lowest BCUT2D eigenvalue weighted by atomic mass is 10.1. The molecule has 0 fully saturated rings. The highest BCUT2D eigenvalue weighted by Gasteiger charge is 2.08. The van der Waals surface area contributed by atoms with Gasteiger partial charge in [-0.1, -0.05) is 13.0 Å². The van der Waals surface area contributed by atoms with Gasteiger partial charge in [-0.15, -0.1) is 0 Å². The monoisotopic (exact) mass is 209 g/mol. The fourth-order valence-corrected chi connectivity index (χ4v) is 1.45. The smallest absolute Gasteiger partial charge is 0.290 e. The first kappa shape index (κ1) is 9.15. The first-order valence-corrected chi connectivity index (χ1v) is 4.64. The third kappa shape index (κ3) is 1.48. The lowest BCUT2D eigenvalue weighted by molar-refractivity contribution is -0.642. The molecular weight excluding hydrogens is 202 g/mol. The molecule has 2 rings (SSSR count). The van der Waals surface area contributed by atoms with E-state index in [1.54, 1.807) is 6.07 Å². The van der Waals surface area contributed by atoms with Gasteiger partial charge in [0.1, 0.15) is 5.52 Å². The summed E-state index contributed by atoms with van der Waals surface area (Å²) in [6.45, 7) is 2.04. The minimum atomic E-state index is -0.0271. The van der Waals surface area contributed by atoms with Gasteiger partial charge in [0.05, 0.1) is 0 Å². The summed E-state index contributed by atoms with van der Waals surface area (Å²) in [7, 11) is 0. The van der Waals surface area contributed by atoms with Crippen molar-refractivity contribution in [2.75, 3.05) is 0 Å². The number of aromatic nitrogens is 3. The zero-order valence-electron chi connectivity index (χ0n) is 7.57. The van der Waals surface area contributed by atoms with Gasteiger partial charge in [-0.05, 0) is 34.5 Å². The maximum Gasteiger partial charge on any atom is 0.290 e. The Labute approximate surface area is 85.7 Å². The van der Waals surface area contributed by atoms with Gasteiger partial charge in [0.15, 0.2) is 0 Å². The number of hydrogen-bond donors (Lipinski definition) is 0. The Morgan fingerprint density at radius 1 is 1.50 bits per heavy atom. The van der Waals surface area contributed by atoms with Crippen molar-refractivity contribution in [3.05, 3.63) is 34.3 Å². The van der Waals surface area contributed by atoms with E-state index in [0.717, 1.165) is 12.0 Å². The molecule has 0 aliphatic heterocycles. The van der Waals surface area contributed by atoms with Crippen LogP contribution in [0.3, 0.4) is 0 Å². The van der Waals surface area contributed by atoms with Crippen molar-refractivity contribution in [2.45, 2.75) is 13.3 Å². The van der Waals surface area contributed by atoms with Crippen LogP contribution in [-0.2, 0) is 6.42 Å². The summed E-state index contributed by atoms with van der Waals surface area (Å²) in [5, 5.41) is 14.7. The fraction of sp³-hybridized carbons (Fsp3) is 0.222. The number of benzene rings is 1. The minimum Gasteiger partial charge on any atom is -0.594 e. The average Bonchev–Trinajstić information content (AvgIpc) is 2.16. The molecule has 0 spiro atoms. The number of halogens is 1. The third-order valence-corrected chi connectivity index (χ3v) is 2.20. The molecule has 14 heavy (non-hydrogen) atoms. The highest BCUT2D eigenvalue weighted by molar-refractivity contribution is 6.28. The molecule has 0 N–H and O–H groups in total. The highest BCUT2D eigenvalue weighted by atomic mass is 35.5. The van der Waals surface area contributed by atoms with Gasteiger partial charge in [-0.25, -0.2) is 4.98 Å². The van der Waals surface area contributed by atoms with Crippen LogP contribution >= 0.6 is 11.6 Å². The molecule has 1 heterocycles. The van der Waals surface area contributed by atoms with Gasteiger partial charge in [0, 0.05) is 11.2 Å².